The molecule has 0 aromatic carbocycles. The van der Waals surface area contributed by atoms with Crippen LogP contribution in [0, 0.1) is 0 Å². The smallest absolute Gasteiger partial charge is 0.320 e. The molecule has 0 bridgehead atoms. The quantitative estimate of drug-likeness (QED) is 0.567. The Bertz CT molecular complexity index is 134. The molecule has 3 nitrogen and oxygen atoms in total. The van der Waals surface area contributed by atoms with Crippen molar-refractivity contribution in [1.29, 1.82) is 0 Å². The van der Waals surface area contributed by atoms with Crippen molar-refractivity contribution >= 4 is 5.97 Å². The van der Waals surface area contributed by atoms with Gasteiger partial charge in [-0.3, -0.25) is 10.1 Å². The maximum absolute atomic E-state index is 10.3. The fraction of sp³-hybridized carbons (Fsp3) is 0.571. The molecule has 3 heteroatoms. The van der Waals surface area contributed by atoms with Gasteiger partial charge in [0, 0.05) is 6.04 Å². The molecule has 58 valence electrons. The van der Waals surface area contributed by atoms with E-state index < -0.39 is 12.0 Å². The van der Waals surface area contributed by atoms with E-state index in [1.54, 1.807) is 13.0 Å². The third-order valence-corrected chi connectivity index (χ3v) is 1.24. The van der Waals surface area contributed by atoms with E-state index in [-0.39, 0.29) is 6.04 Å². The van der Waals surface area contributed by atoms with Crippen molar-refractivity contribution in [3.8, 4) is 0 Å². The molecule has 0 amide bonds. The van der Waals surface area contributed by atoms with Gasteiger partial charge < -0.3 is 5.11 Å². The van der Waals surface area contributed by atoms with E-state index in [0.29, 0.717) is 0 Å². The molecule has 2 N–H and O–H groups in total. The lowest BCUT2D eigenvalue weighted by Gasteiger charge is -2.12. The second-order valence-electron chi connectivity index (χ2n) is 2.25. The maximum Gasteiger partial charge on any atom is 0.320 e. The fourth-order valence-corrected chi connectivity index (χ4v) is 0.534. The predicted molar refractivity (Wildman–Crippen MR) is 39.9 cm³/mol. The number of rotatable bonds is 4. The zero-order chi connectivity index (χ0) is 8.15. The monoisotopic (exact) mass is 143 g/mol. The molecule has 0 aliphatic rings. The minimum Gasteiger partial charge on any atom is -0.480 e. The third-order valence-electron chi connectivity index (χ3n) is 1.24. The summed E-state index contributed by atoms with van der Waals surface area (Å²) in [5.74, 6) is -0.839. The van der Waals surface area contributed by atoms with Gasteiger partial charge in [-0.25, -0.2) is 0 Å². The third kappa shape index (κ3) is 3.25. The summed E-state index contributed by atoms with van der Waals surface area (Å²) >= 11 is 0. The van der Waals surface area contributed by atoms with Crippen LogP contribution in [0.5, 0.6) is 0 Å². The van der Waals surface area contributed by atoms with E-state index in [1.165, 1.54) is 0 Å². The van der Waals surface area contributed by atoms with Crippen LogP contribution in [-0.2, 0) is 4.79 Å². The lowest BCUT2D eigenvalue weighted by Crippen LogP contribution is -2.38. The normalized spacial score (nSPS) is 15.8. The van der Waals surface area contributed by atoms with Crippen LogP contribution in [0.1, 0.15) is 13.8 Å². The minimum absolute atomic E-state index is 0.0473. The molecule has 0 rings (SSSR count). The Morgan fingerprint density at radius 3 is 2.50 bits per heavy atom. The van der Waals surface area contributed by atoms with Crippen LogP contribution in [0.4, 0.5) is 0 Å². The molecule has 0 radical (unpaired) electrons. The summed E-state index contributed by atoms with van der Waals surface area (Å²) in [5, 5.41) is 11.2. The summed E-state index contributed by atoms with van der Waals surface area (Å²) in [7, 11) is 0. The van der Waals surface area contributed by atoms with Gasteiger partial charge in [-0.15, -0.1) is 6.58 Å². The second-order valence-corrected chi connectivity index (χ2v) is 2.25. The molecule has 0 fully saturated rings. The molecule has 0 heterocycles. The second kappa shape index (κ2) is 4.06. The highest BCUT2D eigenvalue weighted by molar-refractivity contribution is 5.72. The summed E-state index contributed by atoms with van der Waals surface area (Å²) in [6.07, 6.45) is 1.67. The standard InChI is InChI=1S/C7H13NO2/c1-4-5(2)8-6(3)7(9)10/h4-6,8H,1H2,2-3H3,(H,9,10). The van der Waals surface area contributed by atoms with Gasteiger partial charge in [-0.1, -0.05) is 6.08 Å². The van der Waals surface area contributed by atoms with Gasteiger partial charge in [0.15, 0.2) is 0 Å². The first-order chi connectivity index (χ1) is 4.57. The average Bonchev–Trinajstić information content (AvgIpc) is 1.87. The molecule has 0 aromatic heterocycles. The minimum atomic E-state index is -0.839. The number of aliphatic carboxylic acids is 1. The van der Waals surface area contributed by atoms with Crippen LogP contribution in [0.15, 0.2) is 12.7 Å². The SMILES string of the molecule is C=CC(C)NC(C)C(=O)O. The number of carboxylic acids is 1. The Hall–Kier alpha value is -0.830. The zero-order valence-electron chi connectivity index (χ0n) is 6.29. The van der Waals surface area contributed by atoms with Gasteiger partial charge in [0.2, 0.25) is 0 Å². The molecule has 2 atom stereocenters. The van der Waals surface area contributed by atoms with E-state index in [4.69, 9.17) is 5.11 Å². The number of carboxylic acid groups (broad SMARTS) is 1. The maximum atomic E-state index is 10.3. The average molecular weight is 143 g/mol. The molecule has 2 unspecified atom stereocenters. The molecule has 0 saturated carbocycles. The van der Waals surface area contributed by atoms with E-state index in [1.807, 2.05) is 6.92 Å². The summed E-state index contributed by atoms with van der Waals surface area (Å²) < 4.78 is 0. The summed E-state index contributed by atoms with van der Waals surface area (Å²) in [5.41, 5.74) is 0. The van der Waals surface area contributed by atoms with E-state index in [0.717, 1.165) is 0 Å². The van der Waals surface area contributed by atoms with Crippen LogP contribution >= 0.6 is 0 Å². The highest BCUT2D eigenvalue weighted by Gasteiger charge is 2.10. The molecule has 0 aliphatic carbocycles. The summed E-state index contributed by atoms with van der Waals surface area (Å²) in [4.78, 5) is 10.3. The summed E-state index contributed by atoms with van der Waals surface area (Å²) in [6.45, 7) is 6.97. The molecule has 10 heavy (non-hydrogen) atoms. The fourth-order valence-electron chi connectivity index (χ4n) is 0.534. The van der Waals surface area contributed by atoms with Crippen LogP contribution < -0.4 is 5.32 Å². The van der Waals surface area contributed by atoms with Crippen molar-refractivity contribution < 1.29 is 9.90 Å². The van der Waals surface area contributed by atoms with Crippen molar-refractivity contribution in [2.24, 2.45) is 0 Å². The van der Waals surface area contributed by atoms with Crippen molar-refractivity contribution in [1.82, 2.24) is 5.32 Å². The first-order valence-electron chi connectivity index (χ1n) is 3.19. The lowest BCUT2D eigenvalue weighted by molar-refractivity contribution is -0.139. The van der Waals surface area contributed by atoms with Gasteiger partial charge in [0.05, 0.1) is 0 Å². The van der Waals surface area contributed by atoms with Gasteiger partial charge >= 0.3 is 5.97 Å². The van der Waals surface area contributed by atoms with E-state index >= 15 is 0 Å². The predicted octanol–water partition coefficient (Wildman–Crippen LogP) is 0.624. The Labute approximate surface area is 60.7 Å². The topological polar surface area (TPSA) is 49.3 Å². The molecular weight excluding hydrogens is 130 g/mol. The largest absolute Gasteiger partial charge is 0.480 e. The van der Waals surface area contributed by atoms with Gasteiger partial charge in [0.1, 0.15) is 6.04 Å². The van der Waals surface area contributed by atoms with Crippen LogP contribution in [0.25, 0.3) is 0 Å². The van der Waals surface area contributed by atoms with Crippen molar-refractivity contribution in [2.45, 2.75) is 25.9 Å². The van der Waals surface area contributed by atoms with Gasteiger partial charge in [-0.2, -0.15) is 0 Å². The molecular formula is C7H13NO2. The van der Waals surface area contributed by atoms with Crippen LogP contribution in [0.3, 0.4) is 0 Å². The number of carbonyl (C=O) groups is 1. The van der Waals surface area contributed by atoms with Gasteiger partial charge in [0.25, 0.3) is 0 Å². The van der Waals surface area contributed by atoms with Crippen molar-refractivity contribution in [3.63, 3.8) is 0 Å². The molecule has 0 saturated heterocycles. The molecule has 0 aromatic rings. The number of hydrogen-bond donors (Lipinski definition) is 2. The van der Waals surface area contributed by atoms with Crippen LogP contribution in [-0.4, -0.2) is 23.2 Å². The summed E-state index contributed by atoms with van der Waals surface area (Å²) in [6, 6.07) is -0.459. The Balaban J connectivity index is 3.67. The highest BCUT2D eigenvalue weighted by Crippen LogP contribution is 1.87. The van der Waals surface area contributed by atoms with Gasteiger partial charge in [-0.05, 0) is 13.8 Å². The first-order valence-corrected chi connectivity index (χ1v) is 3.19. The zero-order valence-corrected chi connectivity index (χ0v) is 6.29. The Kier molecular flexibility index (Phi) is 3.72. The Morgan fingerprint density at radius 1 is 1.70 bits per heavy atom. The van der Waals surface area contributed by atoms with Crippen molar-refractivity contribution in [3.05, 3.63) is 12.7 Å². The lowest BCUT2D eigenvalue weighted by atomic mass is 10.2. The molecule has 0 aliphatic heterocycles. The number of nitrogens with one attached hydrogen (secondary N) is 1. The van der Waals surface area contributed by atoms with Crippen LogP contribution in [0.2, 0.25) is 0 Å². The Morgan fingerprint density at radius 2 is 2.20 bits per heavy atom. The first kappa shape index (κ1) is 9.17. The van der Waals surface area contributed by atoms with Crippen molar-refractivity contribution in [2.75, 3.05) is 0 Å². The number of hydrogen-bond acceptors (Lipinski definition) is 2. The van der Waals surface area contributed by atoms with E-state index in [9.17, 15) is 4.79 Å². The van der Waals surface area contributed by atoms with E-state index in [2.05, 4.69) is 11.9 Å². The molecule has 0 spiro atoms. The highest BCUT2D eigenvalue weighted by atomic mass is 16.4.